The number of thioether (sulfide) groups is 1. The molecule has 5 rings (SSSR count). The highest BCUT2D eigenvalue weighted by Crippen LogP contribution is 2.35. The van der Waals surface area contributed by atoms with Crippen molar-refractivity contribution in [3.05, 3.63) is 61.0 Å². The van der Waals surface area contributed by atoms with E-state index < -0.39 is 5.63 Å². The Labute approximate surface area is 186 Å². The van der Waals surface area contributed by atoms with Crippen molar-refractivity contribution >= 4 is 44.3 Å². The SMILES string of the molecule is CCn1c(SCc2cc(=O)oc3cc(OC)ccc23)nc2sc3c(c2c1=O)CCCC3. The number of fused-ring (bicyclic) bond motifs is 4. The van der Waals surface area contributed by atoms with Gasteiger partial charge in [0.25, 0.3) is 5.56 Å². The number of methoxy groups -OCH3 is 1. The van der Waals surface area contributed by atoms with Gasteiger partial charge in [0.15, 0.2) is 5.16 Å². The van der Waals surface area contributed by atoms with Crippen molar-refractivity contribution in [2.75, 3.05) is 7.11 Å². The number of hydrogen-bond donors (Lipinski definition) is 0. The van der Waals surface area contributed by atoms with Gasteiger partial charge in [-0.2, -0.15) is 0 Å². The lowest BCUT2D eigenvalue weighted by atomic mass is 9.97. The average Bonchev–Trinajstić information content (AvgIpc) is 3.15. The minimum absolute atomic E-state index is 0.0524. The lowest BCUT2D eigenvalue weighted by molar-refractivity contribution is 0.414. The maximum atomic E-state index is 13.3. The summed E-state index contributed by atoms with van der Waals surface area (Å²) in [7, 11) is 1.58. The molecule has 0 fully saturated rings. The van der Waals surface area contributed by atoms with Crippen LogP contribution in [-0.4, -0.2) is 16.7 Å². The van der Waals surface area contributed by atoms with E-state index in [9.17, 15) is 9.59 Å². The van der Waals surface area contributed by atoms with Gasteiger partial charge in [0.1, 0.15) is 16.2 Å². The van der Waals surface area contributed by atoms with Crippen LogP contribution in [0.5, 0.6) is 5.75 Å². The van der Waals surface area contributed by atoms with Crippen molar-refractivity contribution in [3.63, 3.8) is 0 Å². The number of nitrogens with zero attached hydrogens (tertiary/aromatic N) is 2. The van der Waals surface area contributed by atoms with Crippen LogP contribution in [0, 0.1) is 0 Å². The van der Waals surface area contributed by atoms with Crippen molar-refractivity contribution < 1.29 is 9.15 Å². The minimum Gasteiger partial charge on any atom is -0.497 e. The fourth-order valence-corrected chi connectivity index (χ4v) is 6.56. The van der Waals surface area contributed by atoms with Gasteiger partial charge in [0.2, 0.25) is 0 Å². The summed E-state index contributed by atoms with van der Waals surface area (Å²) in [6.07, 6.45) is 4.32. The fourth-order valence-electron chi connectivity index (χ4n) is 4.21. The van der Waals surface area contributed by atoms with Crippen molar-refractivity contribution in [1.29, 1.82) is 0 Å². The summed E-state index contributed by atoms with van der Waals surface area (Å²) in [6, 6.07) is 6.97. The van der Waals surface area contributed by atoms with E-state index in [4.69, 9.17) is 14.1 Å². The van der Waals surface area contributed by atoms with Gasteiger partial charge >= 0.3 is 5.63 Å². The van der Waals surface area contributed by atoms with Gasteiger partial charge in [-0.05, 0) is 55.9 Å². The van der Waals surface area contributed by atoms with E-state index in [-0.39, 0.29) is 5.56 Å². The van der Waals surface area contributed by atoms with Gasteiger partial charge in [-0.25, -0.2) is 9.78 Å². The summed E-state index contributed by atoms with van der Waals surface area (Å²) in [5.74, 6) is 1.14. The zero-order chi connectivity index (χ0) is 21.5. The van der Waals surface area contributed by atoms with Crippen LogP contribution in [0.3, 0.4) is 0 Å². The molecule has 6 nitrogen and oxygen atoms in total. The van der Waals surface area contributed by atoms with Gasteiger partial charge in [-0.1, -0.05) is 11.8 Å². The Hall–Kier alpha value is -2.58. The highest BCUT2D eigenvalue weighted by atomic mass is 32.2. The maximum Gasteiger partial charge on any atom is 0.336 e. The summed E-state index contributed by atoms with van der Waals surface area (Å²) < 4.78 is 12.3. The molecule has 0 aliphatic heterocycles. The summed E-state index contributed by atoms with van der Waals surface area (Å²) in [6.45, 7) is 2.53. The van der Waals surface area contributed by atoms with Crippen LogP contribution in [0.15, 0.2) is 43.4 Å². The normalized spacial score (nSPS) is 13.6. The summed E-state index contributed by atoms with van der Waals surface area (Å²) in [5, 5.41) is 2.35. The number of rotatable bonds is 5. The molecule has 31 heavy (non-hydrogen) atoms. The van der Waals surface area contributed by atoms with Crippen LogP contribution in [0.4, 0.5) is 0 Å². The topological polar surface area (TPSA) is 74.3 Å². The molecule has 0 bridgehead atoms. The highest BCUT2D eigenvalue weighted by molar-refractivity contribution is 7.98. The van der Waals surface area contributed by atoms with E-state index in [0.29, 0.717) is 28.8 Å². The molecule has 3 heterocycles. The Morgan fingerprint density at radius 3 is 2.87 bits per heavy atom. The molecular formula is C23H22N2O4S2. The van der Waals surface area contributed by atoms with Gasteiger partial charge < -0.3 is 9.15 Å². The first-order chi connectivity index (χ1) is 15.1. The zero-order valence-corrected chi connectivity index (χ0v) is 19.0. The lowest BCUT2D eigenvalue weighted by Gasteiger charge is -2.12. The summed E-state index contributed by atoms with van der Waals surface area (Å²) in [5.41, 5.74) is 2.20. The first-order valence-electron chi connectivity index (χ1n) is 10.4. The second kappa shape index (κ2) is 8.16. The first-order valence-corrected chi connectivity index (χ1v) is 12.2. The van der Waals surface area contributed by atoms with Gasteiger partial charge in [-0.3, -0.25) is 9.36 Å². The number of hydrogen-bond acceptors (Lipinski definition) is 7. The lowest BCUT2D eigenvalue weighted by Crippen LogP contribution is -2.23. The second-order valence-electron chi connectivity index (χ2n) is 7.58. The quantitative estimate of drug-likeness (QED) is 0.246. The Morgan fingerprint density at radius 1 is 1.23 bits per heavy atom. The molecule has 0 unspecified atom stereocenters. The van der Waals surface area contributed by atoms with Crippen molar-refractivity contribution in [2.45, 2.75) is 50.1 Å². The largest absolute Gasteiger partial charge is 0.497 e. The van der Waals surface area contributed by atoms with E-state index in [1.807, 2.05) is 19.1 Å². The van der Waals surface area contributed by atoms with Crippen LogP contribution in [0.2, 0.25) is 0 Å². The van der Waals surface area contributed by atoms with Crippen LogP contribution < -0.4 is 15.9 Å². The predicted molar refractivity (Wildman–Crippen MR) is 125 cm³/mol. The smallest absolute Gasteiger partial charge is 0.336 e. The predicted octanol–water partition coefficient (Wildman–Crippen LogP) is 4.76. The molecule has 0 radical (unpaired) electrons. The van der Waals surface area contributed by atoms with E-state index in [2.05, 4.69) is 0 Å². The molecule has 1 aliphatic rings. The molecular weight excluding hydrogens is 432 g/mol. The number of aromatic nitrogens is 2. The number of benzene rings is 1. The molecule has 0 saturated heterocycles. The molecule has 0 amide bonds. The van der Waals surface area contributed by atoms with E-state index in [1.54, 1.807) is 29.1 Å². The third kappa shape index (κ3) is 3.57. The molecule has 3 aromatic heterocycles. The fraction of sp³-hybridized carbons (Fsp3) is 0.348. The van der Waals surface area contributed by atoms with Crippen LogP contribution >= 0.6 is 23.1 Å². The number of ether oxygens (including phenoxy) is 1. The Morgan fingerprint density at radius 2 is 2.06 bits per heavy atom. The van der Waals surface area contributed by atoms with Crippen molar-refractivity contribution in [1.82, 2.24) is 9.55 Å². The standard InChI is InChI=1S/C23H22N2O4S2/c1-3-25-22(27)20-16-6-4-5-7-18(16)31-21(20)24-23(25)30-12-13-10-19(26)29-17-11-14(28-2)8-9-15(13)17/h8-11H,3-7,12H2,1-2H3. The molecule has 0 spiro atoms. The van der Waals surface area contributed by atoms with Gasteiger partial charge in [-0.15, -0.1) is 11.3 Å². The first kappa shape index (κ1) is 20.3. The molecule has 1 aliphatic carbocycles. The molecule has 1 aromatic carbocycles. The number of aryl methyl sites for hydroxylation is 2. The maximum absolute atomic E-state index is 13.3. The summed E-state index contributed by atoms with van der Waals surface area (Å²) >= 11 is 3.14. The Balaban J connectivity index is 1.56. The van der Waals surface area contributed by atoms with Crippen molar-refractivity contribution in [2.24, 2.45) is 0 Å². The average molecular weight is 455 g/mol. The van der Waals surface area contributed by atoms with Crippen LogP contribution in [0.25, 0.3) is 21.2 Å². The Bertz CT molecular complexity index is 1420. The third-order valence-electron chi connectivity index (χ3n) is 5.75. The molecule has 0 saturated carbocycles. The minimum atomic E-state index is -0.404. The monoisotopic (exact) mass is 454 g/mol. The van der Waals surface area contributed by atoms with E-state index >= 15 is 0 Å². The molecule has 160 valence electrons. The third-order valence-corrected chi connectivity index (χ3v) is 7.96. The second-order valence-corrected chi connectivity index (χ2v) is 9.60. The molecule has 4 aromatic rings. The van der Waals surface area contributed by atoms with Crippen LogP contribution in [-0.2, 0) is 25.1 Å². The summed E-state index contributed by atoms with van der Waals surface area (Å²) in [4.78, 5) is 32.4. The molecule has 0 N–H and O–H groups in total. The molecule has 8 heteroatoms. The van der Waals surface area contributed by atoms with Gasteiger partial charge in [0, 0.05) is 34.7 Å². The van der Waals surface area contributed by atoms with E-state index in [0.717, 1.165) is 40.4 Å². The zero-order valence-electron chi connectivity index (χ0n) is 17.4. The van der Waals surface area contributed by atoms with Gasteiger partial charge in [0.05, 0.1) is 12.5 Å². The highest BCUT2D eigenvalue weighted by Gasteiger charge is 2.22. The Kier molecular flexibility index (Phi) is 5.35. The van der Waals surface area contributed by atoms with Crippen LogP contribution in [0.1, 0.15) is 35.8 Å². The van der Waals surface area contributed by atoms with E-state index in [1.165, 1.54) is 34.7 Å². The molecule has 0 atom stereocenters. The number of thiophene rings is 1. The van der Waals surface area contributed by atoms with Crippen molar-refractivity contribution in [3.8, 4) is 5.75 Å².